The zero-order chi connectivity index (χ0) is 23.0. The van der Waals surface area contributed by atoms with Crippen molar-refractivity contribution in [1.82, 2.24) is 4.90 Å². The minimum Gasteiger partial charge on any atom is -0.496 e. The van der Waals surface area contributed by atoms with Crippen LogP contribution in [0.5, 0.6) is 5.75 Å². The van der Waals surface area contributed by atoms with E-state index in [0.29, 0.717) is 32.2 Å². The highest BCUT2D eigenvalue weighted by Gasteiger charge is 2.37. The van der Waals surface area contributed by atoms with Crippen LogP contribution in [0, 0.1) is 12.8 Å². The van der Waals surface area contributed by atoms with Crippen molar-refractivity contribution in [2.75, 3.05) is 12.4 Å². The van der Waals surface area contributed by atoms with E-state index in [2.05, 4.69) is 5.32 Å². The van der Waals surface area contributed by atoms with Gasteiger partial charge in [-0.15, -0.1) is 0 Å². The first-order chi connectivity index (χ1) is 15.2. The molecule has 8 heteroatoms. The van der Waals surface area contributed by atoms with E-state index in [0.717, 1.165) is 29.9 Å². The summed E-state index contributed by atoms with van der Waals surface area (Å²) in [5, 5.41) is 2.71. The molecule has 2 aromatic rings. The molecule has 1 fully saturated rings. The van der Waals surface area contributed by atoms with Crippen molar-refractivity contribution in [1.29, 1.82) is 0 Å². The van der Waals surface area contributed by atoms with E-state index in [4.69, 9.17) is 4.74 Å². The van der Waals surface area contributed by atoms with Gasteiger partial charge in [0.25, 0.3) is 5.91 Å². The number of amides is 2. The van der Waals surface area contributed by atoms with Crippen molar-refractivity contribution in [3.63, 3.8) is 0 Å². The van der Waals surface area contributed by atoms with Crippen molar-refractivity contribution in [3.8, 4) is 5.75 Å². The van der Waals surface area contributed by atoms with Crippen molar-refractivity contribution in [3.05, 3.63) is 58.7 Å². The molecule has 0 atom stereocenters. The third-order valence-corrected chi connectivity index (χ3v) is 6.51. The molecule has 1 heterocycles. The van der Waals surface area contributed by atoms with Gasteiger partial charge in [-0.3, -0.25) is 9.59 Å². The smallest absolute Gasteiger partial charge is 0.419 e. The lowest BCUT2D eigenvalue weighted by Crippen LogP contribution is -2.40. The number of hydrogen-bond acceptors (Lipinski definition) is 3. The molecule has 1 aliphatic carbocycles. The molecule has 0 saturated heterocycles. The minimum atomic E-state index is -4.53. The lowest BCUT2D eigenvalue weighted by Gasteiger charge is -2.34. The minimum absolute atomic E-state index is 0.0495. The molecule has 0 bridgehead atoms. The maximum absolute atomic E-state index is 13.0. The first-order valence-corrected chi connectivity index (χ1v) is 10.6. The summed E-state index contributed by atoms with van der Waals surface area (Å²) in [7, 11) is 1.16. The van der Waals surface area contributed by atoms with Crippen LogP contribution in [0.4, 0.5) is 18.9 Å². The van der Waals surface area contributed by atoms with Gasteiger partial charge in [0.05, 0.1) is 12.7 Å². The first-order valence-electron chi connectivity index (χ1n) is 10.6. The Labute approximate surface area is 184 Å². The third-order valence-electron chi connectivity index (χ3n) is 6.51. The molecule has 0 radical (unpaired) electrons. The van der Waals surface area contributed by atoms with Gasteiger partial charge < -0.3 is 15.0 Å². The molecular weight excluding hydrogens is 421 g/mol. The van der Waals surface area contributed by atoms with Crippen LogP contribution in [0.1, 0.15) is 52.7 Å². The van der Waals surface area contributed by atoms with E-state index in [1.54, 1.807) is 0 Å². The molecule has 2 aliphatic rings. The van der Waals surface area contributed by atoms with E-state index in [1.165, 1.54) is 12.1 Å². The zero-order valence-corrected chi connectivity index (χ0v) is 18.0. The highest BCUT2D eigenvalue weighted by atomic mass is 19.4. The largest absolute Gasteiger partial charge is 0.496 e. The van der Waals surface area contributed by atoms with Crippen LogP contribution in [-0.4, -0.2) is 29.9 Å². The summed E-state index contributed by atoms with van der Waals surface area (Å²) in [6.45, 7) is 2.61. The summed E-state index contributed by atoms with van der Waals surface area (Å²) in [5.74, 6) is -0.756. The molecule has 4 rings (SSSR count). The second kappa shape index (κ2) is 8.48. The maximum atomic E-state index is 13.0. The monoisotopic (exact) mass is 446 g/mol. The summed E-state index contributed by atoms with van der Waals surface area (Å²) >= 11 is 0. The van der Waals surface area contributed by atoms with Crippen LogP contribution in [0.2, 0.25) is 0 Å². The number of aryl methyl sites for hydroxylation is 1. The predicted octanol–water partition coefficient (Wildman–Crippen LogP) is 5.18. The van der Waals surface area contributed by atoms with Gasteiger partial charge in [-0.05, 0) is 61.9 Å². The number of fused-ring (bicyclic) bond motifs is 1. The molecule has 0 aromatic heterocycles. The van der Waals surface area contributed by atoms with Gasteiger partial charge in [-0.25, -0.2) is 0 Å². The standard InChI is InChI=1S/C24H25F3N2O3/c1-14-4-3-5-18-19(14)13-29(23(18)31)17-9-6-15(7-10-17)22(30)28-16-8-11-20(24(25,26)27)21(12-16)32-2/h3-5,8,11-12,15,17H,6-7,9-10,13H2,1-2H3,(H,28,30). The van der Waals surface area contributed by atoms with Gasteiger partial charge in [0.2, 0.25) is 5.91 Å². The van der Waals surface area contributed by atoms with Crippen LogP contribution in [0.15, 0.2) is 36.4 Å². The molecule has 5 nitrogen and oxygen atoms in total. The number of anilines is 1. The topological polar surface area (TPSA) is 58.6 Å². The predicted molar refractivity (Wildman–Crippen MR) is 113 cm³/mol. The number of methoxy groups -OCH3 is 1. The lowest BCUT2D eigenvalue weighted by atomic mass is 9.84. The van der Waals surface area contributed by atoms with Crippen molar-refractivity contribution in [2.45, 2.75) is 51.4 Å². The SMILES string of the molecule is COc1cc(NC(=O)C2CCC(N3Cc4c(C)cccc4C3=O)CC2)ccc1C(F)(F)F. The van der Waals surface area contributed by atoms with Crippen molar-refractivity contribution in [2.24, 2.45) is 5.92 Å². The van der Waals surface area contributed by atoms with Crippen molar-refractivity contribution >= 4 is 17.5 Å². The summed E-state index contributed by atoms with van der Waals surface area (Å²) in [5.41, 5.74) is 2.33. The normalized spacial score (nSPS) is 20.8. The highest BCUT2D eigenvalue weighted by Crippen LogP contribution is 2.38. The van der Waals surface area contributed by atoms with Crippen LogP contribution in [0.25, 0.3) is 0 Å². The van der Waals surface area contributed by atoms with Gasteiger partial charge in [0, 0.05) is 35.8 Å². The van der Waals surface area contributed by atoms with E-state index >= 15 is 0 Å². The molecule has 1 aliphatic heterocycles. The number of nitrogens with zero attached hydrogens (tertiary/aromatic N) is 1. The van der Waals surface area contributed by atoms with Crippen LogP contribution >= 0.6 is 0 Å². The second-order valence-electron chi connectivity index (χ2n) is 8.44. The number of rotatable bonds is 4. The summed E-state index contributed by atoms with van der Waals surface area (Å²) in [4.78, 5) is 27.4. The highest BCUT2D eigenvalue weighted by molar-refractivity contribution is 5.99. The number of halogens is 3. The Morgan fingerprint density at radius 1 is 1.12 bits per heavy atom. The van der Waals surface area contributed by atoms with Gasteiger partial charge >= 0.3 is 6.18 Å². The quantitative estimate of drug-likeness (QED) is 0.705. The average Bonchev–Trinajstić information content (AvgIpc) is 3.11. The first kappa shape index (κ1) is 22.2. The maximum Gasteiger partial charge on any atom is 0.419 e. The molecule has 1 saturated carbocycles. The van der Waals surface area contributed by atoms with E-state index in [1.807, 2.05) is 30.0 Å². The Kier molecular flexibility index (Phi) is 5.88. The molecular formula is C24H25F3N2O3. The molecule has 0 unspecified atom stereocenters. The van der Waals surface area contributed by atoms with Crippen LogP contribution in [0.3, 0.4) is 0 Å². The number of alkyl halides is 3. The number of hydrogen-bond donors (Lipinski definition) is 1. The number of carbonyl (C=O) groups excluding carboxylic acids is 2. The Balaban J connectivity index is 1.37. The zero-order valence-electron chi connectivity index (χ0n) is 18.0. The second-order valence-corrected chi connectivity index (χ2v) is 8.44. The Bertz CT molecular complexity index is 1040. The van der Waals surface area contributed by atoms with Crippen molar-refractivity contribution < 1.29 is 27.5 Å². The number of ether oxygens (including phenoxy) is 1. The summed E-state index contributed by atoms with van der Waals surface area (Å²) in [6.07, 6.45) is -1.86. The van der Waals surface area contributed by atoms with Gasteiger partial charge in [0.1, 0.15) is 5.75 Å². The summed E-state index contributed by atoms with van der Waals surface area (Å²) in [6, 6.07) is 9.18. The Hall–Kier alpha value is -3.03. The number of benzene rings is 2. The fraction of sp³-hybridized carbons (Fsp3) is 0.417. The number of carbonyl (C=O) groups is 2. The lowest BCUT2D eigenvalue weighted by molar-refractivity contribution is -0.138. The van der Waals surface area contributed by atoms with E-state index in [-0.39, 0.29) is 35.2 Å². The third kappa shape index (κ3) is 4.18. The average molecular weight is 446 g/mol. The van der Waals surface area contributed by atoms with E-state index in [9.17, 15) is 22.8 Å². The number of nitrogens with one attached hydrogen (secondary N) is 1. The van der Waals surface area contributed by atoms with Crippen LogP contribution in [-0.2, 0) is 17.5 Å². The van der Waals surface area contributed by atoms with Crippen LogP contribution < -0.4 is 10.1 Å². The Morgan fingerprint density at radius 2 is 1.84 bits per heavy atom. The van der Waals surface area contributed by atoms with Gasteiger partial charge in [-0.2, -0.15) is 13.2 Å². The molecule has 2 aromatic carbocycles. The molecule has 1 N–H and O–H groups in total. The fourth-order valence-electron chi connectivity index (χ4n) is 4.70. The summed E-state index contributed by atoms with van der Waals surface area (Å²) < 4.78 is 43.9. The van der Waals surface area contributed by atoms with E-state index < -0.39 is 11.7 Å². The molecule has 0 spiro atoms. The van der Waals surface area contributed by atoms with Gasteiger partial charge in [-0.1, -0.05) is 12.1 Å². The molecule has 2 amide bonds. The Morgan fingerprint density at radius 3 is 2.47 bits per heavy atom. The van der Waals surface area contributed by atoms with Gasteiger partial charge in [0.15, 0.2) is 0 Å². The fourth-order valence-corrected chi connectivity index (χ4v) is 4.70. The molecule has 170 valence electrons. The molecule has 32 heavy (non-hydrogen) atoms.